The highest BCUT2D eigenvalue weighted by Crippen LogP contribution is 2.38. The van der Waals surface area contributed by atoms with E-state index in [1.807, 2.05) is 30.3 Å². The topological polar surface area (TPSA) is 117 Å². The molecule has 3 amide bonds. The fourth-order valence-corrected chi connectivity index (χ4v) is 4.83. The fraction of sp³-hybridized carbons (Fsp3) is 0.429. The van der Waals surface area contributed by atoms with Gasteiger partial charge in [-0.25, -0.2) is 9.40 Å². The Balaban J connectivity index is 0.00000420. The molecule has 2 heterocycles. The summed E-state index contributed by atoms with van der Waals surface area (Å²) in [6.45, 7) is 3.74. The van der Waals surface area contributed by atoms with Crippen molar-refractivity contribution in [3.8, 4) is 0 Å². The van der Waals surface area contributed by atoms with E-state index in [0.29, 0.717) is 18.7 Å². The van der Waals surface area contributed by atoms with Crippen LogP contribution in [0.2, 0.25) is 0 Å². The van der Waals surface area contributed by atoms with Crippen LogP contribution in [0.3, 0.4) is 0 Å². The molecule has 9 nitrogen and oxygen atoms in total. The quantitative estimate of drug-likeness (QED) is 0.489. The van der Waals surface area contributed by atoms with Gasteiger partial charge in [0, 0.05) is 26.6 Å². The van der Waals surface area contributed by atoms with Crippen LogP contribution in [0.5, 0.6) is 0 Å². The van der Waals surface area contributed by atoms with Crippen molar-refractivity contribution in [3.05, 3.63) is 71.5 Å². The summed E-state index contributed by atoms with van der Waals surface area (Å²) >= 11 is 0. The Morgan fingerprint density at radius 2 is 1.82 bits per heavy atom. The zero-order valence-electron chi connectivity index (χ0n) is 22.4. The standard InChI is InChI=1S/C28H34FN5O4.ClH/c1-27(2,30)25(36)31-22(17-38-16-20-7-5-4-6-8-20)24(35)34-14-13-23-28(18-34,26(37)33(3)32-23)15-19-9-11-21(29)12-10-19;/h4-12,22H,13-18,30H2,1-3H3,(H,31,36);1H/t22-,28?;/m1./s1. The summed E-state index contributed by atoms with van der Waals surface area (Å²) in [7, 11) is 1.59. The van der Waals surface area contributed by atoms with E-state index < -0.39 is 22.9 Å². The number of piperidine rings is 1. The zero-order valence-corrected chi connectivity index (χ0v) is 23.2. The first-order valence-corrected chi connectivity index (χ1v) is 12.6. The Hall–Kier alpha value is -3.34. The summed E-state index contributed by atoms with van der Waals surface area (Å²) < 4.78 is 19.3. The molecule has 0 saturated carbocycles. The molecule has 0 aliphatic carbocycles. The lowest BCUT2D eigenvalue weighted by Gasteiger charge is -2.40. The van der Waals surface area contributed by atoms with Gasteiger partial charge in [0.25, 0.3) is 5.91 Å². The van der Waals surface area contributed by atoms with Gasteiger partial charge in [-0.1, -0.05) is 42.5 Å². The van der Waals surface area contributed by atoms with E-state index in [-0.39, 0.29) is 56.2 Å². The second kappa shape index (κ2) is 12.2. The Bertz CT molecular complexity index is 1220. The number of carbonyl (C=O) groups excluding carboxylic acids is 3. The maximum atomic E-state index is 13.8. The van der Waals surface area contributed by atoms with E-state index in [0.717, 1.165) is 11.1 Å². The van der Waals surface area contributed by atoms with Crippen LogP contribution in [0.25, 0.3) is 0 Å². The molecule has 2 aromatic carbocycles. The summed E-state index contributed by atoms with van der Waals surface area (Å²) in [6.07, 6.45) is 0.674. The number of hydrogen-bond acceptors (Lipinski definition) is 6. The van der Waals surface area contributed by atoms with Crippen LogP contribution in [-0.4, -0.2) is 71.7 Å². The van der Waals surface area contributed by atoms with Crippen LogP contribution in [-0.2, 0) is 32.1 Å². The van der Waals surface area contributed by atoms with Crippen molar-refractivity contribution in [2.24, 2.45) is 16.3 Å². The monoisotopic (exact) mass is 559 g/mol. The highest BCUT2D eigenvalue weighted by atomic mass is 35.5. The zero-order chi connectivity index (χ0) is 27.5. The summed E-state index contributed by atoms with van der Waals surface area (Å²) in [5, 5.41) is 8.51. The molecule has 1 saturated heterocycles. The van der Waals surface area contributed by atoms with E-state index in [9.17, 15) is 18.8 Å². The Kier molecular flexibility index (Phi) is 9.47. The second-order valence-corrected chi connectivity index (χ2v) is 10.5. The Morgan fingerprint density at radius 1 is 1.15 bits per heavy atom. The van der Waals surface area contributed by atoms with Gasteiger partial charge in [-0.15, -0.1) is 12.4 Å². The lowest BCUT2D eigenvalue weighted by atomic mass is 9.73. The molecule has 0 spiro atoms. The predicted molar refractivity (Wildman–Crippen MR) is 147 cm³/mol. The van der Waals surface area contributed by atoms with Crippen molar-refractivity contribution in [1.82, 2.24) is 15.2 Å². The van der Waals surface area contributed by atoms with Gasteiger partial charge >= 0.3 is 0 Å². The average molecular weight is 560 g/mol. The first kappa shape index (κ1) is 30.2. The molecule has 210 valence electrons. The summed E-state index contributed by atoms with van der Waals surface area (Å²) in [6, 6.07) is 14.5. The first-order valence-electron chi connectivity index (χ1n) is 12.6. The van der Waals surface area contributed by atoms with Crippen molar-refractivity contribution >= 4 is 35.8 Å². The normalized spacial score (nSPS) is 19.6. The van der Waals surface area contributed by atoms with Gasteiger partial charge < -0.3 is 20.7 Å². The van der Waals surface area contributed by atoms with Crippen molar-refractivity contribution < 1.29 is 23.5 Å². The molecule has 2 aliphatic rings. The van der Waals surface area contributed by atoms with Crippen LogP contribution in [0, 0.1) is 11.2 Å². The van der Waals surface area contributed by atoms with E-state index in [1.165, 1.54) is 17.1 Å². The minimum atomic E-state index is -1.20. The van der Waals surface area contributed by atoms with Crippen LogP contribution in [0.15, 0.2) is 59.7 Å². The molecule has 0 aromatic heterocycles. The van der Waals surface area contributed by atoms with Crippen LogP contribution in [0.4, 0.5) is 4.39 Å². The molecule has 2 aliphatic heterocycles. The number of halogens is 2. The molecule has 2 aromatic rings. The summed E-state index contributed by atoms with van der Waals surface area (Å²) in [4.78, 5) is 41.5. The van der Waals surface area contributed by atoms with Gasteiger partial charge in [0.15, 0.2) is 0 Å². The summed E-state index contributed by atoms with van der Waals surface area (Å²) in [5.74, 6) is -1.45. The highest BCUT2D eigenvalue weighted by Gasteiger charge is 2.54. The number of nitrogens with two attached hydrogens (primary N) is 1. The third kappa shape index (κ3) is 6.81. The van der Waals surface area contributed by atoms with E-state index in [1.54, 1.807) is 37.9 Å². The number of benzene rings is 2. The van der Waals surface area contributed by atoms with Gasteiger partial charge in [-0.2, -0.15) is 5.10 Å². The Labute approximate surface area is 234 Å². The van der Waals surface area contributed by atoms with E-state index in [4.69, 9.17) is 10.5 Å². The maximum Gasteiger partial charge on any atom is 0.256 e. The van der Waals surface area contributed by atoms with Gasteiger partial charge in [0.2, 0.25) is 11.8 Å². The molecule has 11 heteroatoms. The third-order valence-electron chi connectivity index (χ3n) is 6.92. The highest BCUT2D eigenvalue weighted by molar-refractivity contribution is 6.13. The van der Waals surface area contributed by atoms with Gasteiger partial charge in [0.1, 0.15) is 17.3 Å². The van der Waals surface area contributed by atoms with Gasteiger partial charge in [-0.3, -0.25) is 14.4 Å². The molecule has 3 N–H and O–H groups in total. The number of likely N-dealkylation sites (tertiary alicyclic amines) is 1. The molecular weight excluding hydrogens is 525 g/mol. The molecule has 2 atom stereocenters. The fourth-order valence-electron chi connectivity index (χ4n) is 4.83. The van der Waals surface area contributed by atoms with Crippen LogP contribution in [0.1, 0.15) is 31.4 Å². The number of amides is 3. The van der Waals surface area contributed by atoms with Crippen molar-refractivity contribution in [3.63, 3.8) is 0 Å². The SMILES string of the molecule is CN1N=C2CCN(C(=O)[C@@H](COCc3ccccc3)NC(=O)C(C)(C)N)CC2(Cc2ccc(F)cc2)C1=O.Cl. The molecule has 1 unspecified atom stereocenters. The minimum absolute atomic E-state index is 0. The van der Waals surface area contributed by atoms with Gasteiger partial charge in [-0.05, 0) is 43.5 Å². The molecule has 0 bridgehead atoms. The number of ether oxygens (including phenoxy) is 1. The maximum absolute atomic E-state index is 13.8. The number of hydrazone groups is 1. The van der Waals surface area contributed by atoms with Gasteiger partial charge in [0.05, 0.1) is 24.5 Å². The minimum Gasteiger partial charge on any atom is -0.374 e. The lowest BCUT2D eigenvalue weighted by molar-refractivity contribution is -0.143. The van der Waals surface area contributed by atoms with Crippen LogP contribution >= 0.6 is 12.4 Å². The number of hydrogen-bond donors (Lipinski definition) is 2. The molecule has 1 fully saturated rings. The molecule has 39 heavy (non-hydrogen) atoms. The lowest BCUT2D eigenvalue weighted by Crippen LogP contribution is -2.61. The summed E-state index contributed by atoms with van der Waals surface area (Å²) in [5.41, 5.74) is 6.10. The first-order chi connectivity index (χ1) is 18.0. The predicted octanol–water partition coefficient (Wildman–Crippen LogP) is 2.28. The van der Waals surface area contributed by atoms with E-state index in [2.05, 4.69) is 10.4 Å². The number of fused-ring (bicyclic) bond motifs is 1. The smallest absolute Gasteiger partial charge is 0.256 e. The van der Waals surface area contributed by atoms with Crippen molar-refractivity contribution in [1.29, 1.82) is 0 Å². The number of carbonyl (C=O) groups is 3. The largest absolute Gasteiger partial charge is 0.374 e. The number of nitrogens with one attached hydrogen (secondary N) is 1. The molecule has 4 rings (SSSR count). The van der Waals surface area contributed by atoms with Crippen molar-refractivity contribution in [2.45, 2.75) is 44.9 Å². The number of nitrogens with zero attached hydrogens (tertiary/aromatic N) is 3. The molecular formula is C28H35ClFN5O4. The molecule has 0 radical (unpaired) electrons. The Morgan fingerprint density at radius 3 is 2.46 bits per heavy atom. The van der Waals surface area contributed by atoms with Crippen LogP contribution < -0.4 is 11.1 Å². The van der Waals surface area contributed by atoms with Crippen molar-refractivity contribution in [2.75, 3.05) is 26.7 Å². The third-order valence-corrected chi connectivity index (χ3v) is 6.92. The second-order valence-electron chi connectivity index (χ2n) is 10.5. The van der Waals surface area contributed by atoms with E-state index >= 15 is 0 Å². The average Bonchev–Trinajstić information content (AvgIpc) is 3.13. The number of rotatable bonds is 9.